The molecular formula is C12H25N3O3S. The number of hydrogen-bond donors (Lipinski definition) is 2. The summed E-state index contributed by atoms with van der Waals surface area (Å²) in [5.41, 5.74) is 0. The molecule has 112 valence electrons. The van der Waals surface area contributed by atoms with E-state index in [4.69, 9.17) is 0 Å². The number of aliphatic hydroxyl groups excluding tert-OH is 1. The van der Waals surface area contributed by atoms with Crippen LogP contribution in [0.1, 0.15) is 32.1 Å². The van der Waals surface area contributed by atoms with Crippen molar-refractivity contribution in [1.82, 2.24) is 13.9 Å². The van der Waals surface area contributed by atoms with E-state index in [-0.39, 0.29) is 6.10 Å². The topological polar surface area (TPSA) is 72.9 Å². The molecule has 7 heteroatoms. The molecule has 0 aromatic heterocycles. The zero-order chi connectivity index (χ0) is 13.7. The van der Waals surface area contributed by atoms with Crippen molar-refractivity contribution >= 4 is 10.2 Å². The van der Waals surface area contributed by atoms with Gasteiger partial charge in [-0.25, -0.2) is 4.72 Å². The molecule has 2 N–H and O–H groups in total. The number of rotatable bonds is 6. The van der Waals surface area contributed by atoms with Crippen LogP contribution in [0.15, 0.2) is 0 Å². The normalized spacial score (nSPS) is 26.9. The van der Waals surface area contributed by atoms with Crippen molar-refractivity contribution < 1.29 is 13.5 Å². The first-order valence-corrected chi connectivity index (χ1v) is 8.67. The van der Waals surface area contributed by atoms with Gasteiger partial charge >= 0.3 is 0 Å². The van der Waals surface area contributed by atoms with E-state index in [2.05, 4.69) is 9.62 Å². The van der Waals surface area contributed by atoms with E-state index in [9.17, 15) is 13.5 Å². The molecule has 0 aromatic rings. The molecule has 1 atom stereocenters. The van der Waals surface area contributed by atoms with Gasteiger partial charge in [-0.2, -0.15) is 12.7 Å². The van der Waals surface area contributed by atoms with Crippen LogP contribution in [-0.4, -0.2) is 68.1 Å². The van der Waals surface area contributed by atoms with Crippen LogP contribution in [-0.2, 0) is 10.2 Å². The summed E-state index contributed by atoms with van der Waals surface area (Å²) in [6, 6.07) is 0. The Bertz CT molecular complexity index is 368. The van der Waals surface area contributed by atoms with Crippen molar-refractivity contribution in [3.63, 3.8) is 0 Å². The predicted molar refractivity (Wildman–Crippen MR) is 74.0 cm³/mol. The van der Waals surface area contributed by atoms with Gasteiger partial charge in [0.05, 0.1) is 6.10 Å². The Morgan fingerprint density at radius 3 is 2.58 bits per heavy atom. The summed E-state index contributed by atoms with van der Waals surface area (Å²) in [7, 11) is -3.26. The highest BCUT2D eigenvalue weighted by molar-refractivity contribution is 7.87. The average molecular weight is 291 g/mol. The van der Waals surface area contributed by atoms with Crippen molar-refractivity contribution in [2.24, 2.45) is 0 Å². The number of hydrogen-bond acceptors (Lipinski definition) is 4. The fourth-order valence-electron chi connectivity index (χ4n) is 2.76. The van der Waals surface area contributed by atoms with Gasteiger partial charge in [0.1, 0.15) is 0 Å². The highest BCUT2D eigenvalue weighted by Gasteiger charge is 2.24. The lowest BCUT2D eigenvalue weighted by molar-refractivity contribution is 0.0703. The van der Waals surface area contributed by atoms with Crippen LogP contribution in [0.3, 0.4) is 0 Å². The molecule has 19 heavy (non-hydrogen) atoms. The molecule has 2 saturated heterocycles. The summed E-state index contributed by atoms with van der Waals surface area (Å²) in [4.78, 5) is 2.21. The molecule has 0 aromatic carbocycles. The molecule has 6 nitrogen and oxygen atoms in total. The summed E-state index contributed by atoms with van der Waals surface area (Å²) < 4.78 is 28.0. The molecule has 0 amide bonds. The van der Waals surface area contributed by atoms with E-state index in [1.165, 1.54) is 4.31 Å². The Labute approximate surface area is 116 Å². The lowest BCUT2D eigenvalue weighted by Crippen LogP contribution is -2.42. The van der Waals surface area contributed by atoms with Crippen LogP contribution in [0, 0.1) is 0 Å². The number of β-amino-alcohol motifs (C(OH)–C–C–N with tert-alkyl or cyclic N) is 1. The standard InChI is InChI=1S/C12H25N3O3S/c16-12-5-3-7-14(11-12)8-4-6-13-19(17,18)15-9-1-2-10-15/h12-13,16H,1-11H2. The first kappa shape index (κ1) is 15.2. The SMILES string of the molecule is O=S(=O)(NCCCN1CCCC(O)C1)N1CCCC1. The Morgan fingerprint density at radius 1 is 1.16 bits per heavy atom. The summed E-state index contributed by atoms with van der Waals surface area (Å²) in [6.45, 7) is 4.35. The second kappa shape index (κ2) is 6.99. The maximum Gasteiger partial charge on any atom is 0.279 e. The molecule has 2 rings (SSSR count). The van der Waals surface area contributed by atoms with Crippen LogP contribution in [0.5, 0.6) is 0 Å². The zero-order valence-corrected chi connectivity index (χ0v) is 12.2. The Hall–Kier alpha value is -0.210. The van der Waals surface area contributed by atoms with Crippen molar-refractivity contribution in [3.05, 3.63) is 0 Å². The highest BCUT2D eigenvalue weighted by Crippen LogP contribution is 2.12. The largest absolute Gasteiger partial charge is 0.392 e. The second-order valence-electron chi connectivity index (χ2n) is 5.46. The third kappa shape index (κ3) is 4.68. The fourth-order valence-corrected chi connectivity index (χ4v) is 4.08. The number of nitrogens with zero attached hydrogens (tertiary/aromatic N) is 2. The molecule has 2 aliphatic rings. The van der Waals surface area contributed by atoms with Crippen molar-refractivity contribution in [1.29, 1.82) is 0 Å². The van der Waals surface area contributed by atoms with Gasteiger partial charge in [-0.15, -0.1) is 0 Å². The summed E-state index contributed by atoms with van der Waals surface area (Å²) >= 11 is 0. The predicted octanol–water partition coefficient (Wildman–Crippen LogP) is -0.237. The number of aliphatic hydroxyl groups is 1. The molecule has 2 fully saturated rings. The van der Waals surface area contributed by atoms with Crippen LogP contribution >= 0.6 is 0 Å². The van der Waals surface area contributed by atoms with Gasteiger partial charge < -0.3 is 10.0 Å². The van der Waals surface area contributed by atoms with Crippen molar-refractivity contribution in [2.45, 2.75) is 38.2 Å². The van der Waals surface area contributed by atoms with Gasteiger partial charge in [-0.3, -0.25) is 0 Å². The first-order valence-electron chi connectivity index (χ1n) is 7.23. The first-order chi connectivity index (χ1) is 9.08. The van der Waals surface area contributed by atoms with Crippen LogP contribution in [0.2, 0.25) is 0 Å². The smallest absolute Gasteiger partial charge is 0.279 e. The van der Waals surface area contributed by atoms with E-state index in [0.29, 0.717) is 19.6 Å². The Kier molecular flexibility index (Phi) is 5.58. The number of piperidine rings is 1. The molecule has 2 heterocycles. The van der Waals surface area contributed by atoms with E-state index in [1.54, 1.807) is 0 Å². The van der Waals surface area contributed by atoms with Crippen molar-refractivity contribution in [2.75, 3.05) is 39.3 Å². The molecule has 0 spiro atoms. The van der Waals surface area contributed by atoms with Crippen LogP contribution < -0.4 is 4.72 Å². The summed E-state index contributed by atoms with van der Waals surface area (Å²) in [5.74, 6) is 0. The van der Waals surface area contributed by atoms with Crippen molar-refractivity contribution in [3.8, 4) is 0 Å². The number of nitrogens with one attached hydrogen (secondary N) is 1. The number of likely N-dealkylation sites (tertiary alicyclic amines) is 1. The maximum absolute atomic E-state index is 11.9. The Morgan fingerprint density at radius 2 is 1.89 bits per heavy atom. The third-order valence-electron chi connectivity index (χ3n) is 3.82. The molecular weight excluding hydrogens is 266 g/mol. The lowest BCUT2D eigenvalue weighted by atomic mass is 10.1. The van der Waals surface area contributed by atoms with E-state index in [0.717, 1.165) is 51.7 Å². The minimum Gasteiger partial charge on any atom is -0.392 e. The second-order valence-corrected chi connectivity index (χ2v) is 7.21. The van der Waals surface area contributed by atoms with E-state index >= 15 is 0 Å². The zero-order valence-electron chi connectivity index (χ0n) is 11.4. The molecule has 0 bridgehead atoms. The minimum absolute atomic E-state index is 0.213. The maximum atomic E-state index is 11.9. The molecule has 1 unspecified atom stereocenters. The third-order valence-corrected chi connectivity index (χ3v) is 5.44. The molecule has 2 aliphatic heterocycles. The average Bonchev–Trinajstić information content (AvgIpc) is 2.89. The molecule has 0 saturated carbocycles. The van der Waals surface area contributed by atoms with Gasteiger partial charge in [-0.1, -0.05) is 0 Å². The van der Waals surface area contributed by atoms with Gasteiger partial charge in [0.2, 0.25) is 0 Å². The quantitative estimate of drug-likeness (QED) is 0.663. The van der Waals surface area contributed by atoms with Gasteiger partial charge in [0, 0.05) is 26.2 Å². The van der Waals surface area contributed by atoms with Gasteiger partial charge in [-0.05, 0) is 45.2 Å². The van der Waals surface area contributed by atoms with Gasteiger partial charge in [0.15, 0.2) is 0 Å². The summed E-state index contributed by atoms with van der Waals surface area (Å²) in [6.07, 6.45) is 4.42. The van der Waals surface area contributed by atoms with E-state index < -0.39 is 10.2 Å². The van der Waals surface area contributed by atoms with Crippen LogP contribution in [0.4, 0.5) is 0 Å². The highest BCUT2D eigenvalue weighted by atomic mass is 32.2. The van der Waals surface area contributed by atoms with E-state index in [1.807, 2.05) is 0 Å². The molecule has 0 aliphatic carbocycles. The monoisotopic (exact) mass is 291 g/mol. The van der Waals surface area contributed by atoms with Crippen LogP contribution in [0.25, 0.3) is 0 Å². The fraction of sp³-hybridized carbons (Fsp3) is 1.00. The summed E-state index contributed by atoms with van der Waals surface area (Å²) in [5, 5.41) is 9.55. The lowest BCUT2D eigenvalue weighted by Gasteiger charge is -2.29. The Balaban J connectivity index is 1.63. The molecule has 0 radical (unpaired) electrons. The minimum atomic E-state index is -3.26. The van der Waals surface area contributed by atoms with Gasteiger partial charge in [0.25, 0.3) is 10.2 Å².